The summed E-state index contributed by atoms with van der Waals surface area (Å²) < 4.78 is 0. The monoisotopic (exact) mass is 313 g/mol. The number of hydrogen-bond donors (Lipinski definition) is 2. The number of aromatic nitrogens is 3. The lowest BCUT2D eigenvalue weighted by Crippen LogP contribution is -2.03. The van der Waals surface area contributed by atoms with E-state index < -0.39 is 0 Å². The summed E-state index contributed by atoms with van der Waals surface area (Å²) in [4.78, 5) is 13.2. The normalized spacial score (nSPS) is 11.0. The molecule has 22 heavy (non-hydrogen) atoms. The number of nitrogens with two attached hydrogens (primary N) is 2. The minimum Gasteiger partial charge on any atom is -0.398 e. The average Bonchev–Trinajstić information content (AvgIpc) is 2.49. The molecule has 3 aromatic rings. The summed E-state index contributed by atoms with van der Waals surface area (Å²) >= 11 is 6.06. The Labute approximate surface area is 133 Å². The molecule has 1 aromatic carbocycles. The molecule has 112 valence electrons. The molecule has 6 heteroatoms. The molecule has 2 heterocycles. The molecule has 0 unspecified atom stereocenters. The van der Waals surface area contributed by atoms with Gasteiger partial charge in [-0.2, -0.15) is 0 Å². The zero-order valence-corrected chi connectivity index (χ0v) is 12.9. The second-order valence-corrected chi connectivity index (χ2v) is 5.51. The number of nitrogen functional groups attached to an aromatic ring is 2. The van der Waals surface area contributed by atoms with Crippen molar-refractivity contribution >= 4 is 34.3 Å². The van der Waals surface area contributed by atoms with E-state index in [-0.39, 0.29) is 5.95 Å². The van der Waals surface area contributed by atoms with E-state index in [9.17, 15) is 0 Å². The molecule has 0 spiro atoms. The summed E-state index contributed by atoms with van der Waals surface area (Å²) in [6.07, 6.45) is 1.75. The highest BCUT2D eigenvalue weighted by molar-refractivity contribution is 6.31. The summed E-state index contributed by atoms with van der Waals surface area (Å²) in [6, 6.07) is 9.09. The second kappa shape index (κ2) is 5.77. The molecule has 0 amide bonds. The van der Waals surface area contributed by atoms with E-state index in [0.29, 0.717) is 10.7 Å². The fourth-order valence-electron chi connectivity index (χ4n) is 2.41. The number of hydrogen-bond acceptors (Lipinski definition) is 5. The van der Waals surface area contributed by atoms with Gasteiger partial charge in [-0.15, -0.1) is 0 Å². The average molecular weight is 314 g/mol. The van der Waals surface area contributed by atoms with Crippen molar-refractivity contribution in [2.45, 2.75) is 19.8 Å². The Kier molecular flexibility index (Phi) is 3.81. The van der Waals surface area contributed by atoms with Crippen molar-refractivity contribution in [1.82, 2.24) is 15.0 Å². The first-order chi connectivity index (χ1) is 10.6. The van der Waals surface area contributed by atoms with Crippen LogP contribution in [-0.4, -0.2) is 15.0 Å². The minimum atomic E-state index is 0.271. The van der Waals surface area contributed by atoms with Gasteiger partial charge in [0.1, 0.15) is 5.52 Å². The van der Waals surface area contributed by atoms with E-state index in [2.05, 4.69) is 21.9 Å². The first-order valence-electron chi connectivity index (χ1n) is 7.07. The van der Waals surface area contributed by atoms with Crippen LogP contribution in [0, 0.1) is 0 Å². The Morgan fingerprint density at radius 2 is 1.86 bits per heavy atom. The number of fused-ring (bicyclic) bond motifs is 1. The van der Waals surface area contributed by atoms with Crippen LogP contribution in [0.3, 0.4) is 0 Å². The van der Waals surface area contributed by atoms with Crippen molar-refractivity contribution in [2.24, 2.45) is 0 Å². The van der Waals surface area contributed by atoms with Gasteiger partial charge in [0.05, 0.1) is 16.9 Å². The predicted octanol–water partition coefficient (Wildman–Crippen LogP) is 3.46. The van der Waals surface area contributed by atoms with E-state index in [1.165, 1.54) is 0 Å². The topological polar surface area (TPSA) is 90.7 Å². The van der Waals surface area contributed by atoms with Crippen LogP contribution in [0.25, 0.3) is 22.3 Å². The van der Waals surface area contributed by atoms with Gasteiger partial charge in [-0.3, -0.25) is 0 Å². The van der Waals surface area contributed by atoms with Gasteiger partial charge in [0.15, 0.2) is 0 Å². The SMILES string of the molecule is CCCc1nc(N)nc2ccc(-c3cc(Cl)ccc3N)nc12. The van der Waals surface area contributed by atoms with Gasteiger partial charge in [0.2, 0.25) is 5.95 Å². The maximum absolute atomic E-state index is 6.06. The van der Waals surface area contributed by atoms with E-state index in [4.69, 9.17) is 23.1 Å². The predicted molar refractivity (Wildman–Crippen MR) is 90.6 cm³/mol. The van der Waals surface area contributed by atoms with Gasteiger partial charge in [0.25, 0.3) is 0 Å². The van der Waals surface area contributed by atoms with Crippen molar-refractivity contribution in [3.63, 3.8) is 0 Å². The van der Waals surface area contributed by atoms with Crippen molar-refractivity contribution in [3.05, 3.63) is 41.0 Å². The van der Waals surface area contributed by atoms with Crippen molar-refractivity contribution in [2.75, 3.05) is 11.5 Å². The molecule has 0 saturated carbocycles. The number of nitrogens with zero attached hydrogens (tertiary/aromatic N) is 3. The lowest BCUT2D eigenvalue weighted by Gasteiger charge is -2.09. The number of aryl methyl sites for hydroxylation is 1. The third kappa shape index (κ3) is 2.67. The Balaban J connectivity index is 2.22. The Morgan fingerprint density at radius 3 is 2.64 bits per heavy atom. The summed E-state index contributed by atoms with van der Waals surface area (Å²) in [7, 11) is 0. The van der Waals surface area contributed by atoms with Crippen molar-refractivity contribution < 1.29 is 0 Å². The maximum Gasteiger partial charge on any atom is 0.220 e. The molecule has 0 aliphatic heterocycles. The highest BCUT2D eigenvalue weighted by atomic mass is 35.5. The van der Waals surface area contributed by atoms with Gasteiger partial charge in [0, 0.05) is 16.3 Å². The first-order valence-corrected chi connectivity index (χ1v) is 7.45. The fraction of sp³-hybridized carbons (Fsp3) is 0.188. The molecule has 5 nitrogen and oxygen atoms in total. The standard InChI is InChI=1S/C16H16ClN5/c1-2-3-13-15-14(22-16(19)21-13)7-6-12(20-15)10-8-9(17)4-5-11(10)18/h4-8H,2-3,18H2,1H3,(H2,19,21,22). The number of anilines is 2. The van der Waals surface area contributed by atoms with Crippen LogP contribution in [-0.2, 0) is 6.42 Å². The number of benzene rings is 1. The Bertz CT molecular complexity index is 847. The van der Waals surface area contributed by atoms with Gasteiger partial charge in [-0.1, -0.05) is 24.9 Å². The second-order valence-electron chi connectivity index (χ2n) is 5.07. The summed E-state index contributed by atoms with van der Waals surface area (Å²) in [5, 5.41) is 0.619. The molecule has 3 rings (SSSR count). The molecule has 0 saturated heterocycles. The van der Waals surface area contributed by atoms with E-state index in [0.717, 1.165) is 40.8 Å². The van der Waals surface area contributed by atoms with E-state index in [1.807, 2.05) is 18.2 Å². The molecular weight excluding hydrogens is 298 g/mol. The van der Waals surface area contributed by atoms with Gasteiger partial charge in [-0.25, -0.2) is 15.0 Å². The summed E-state index contributed by atoms with van der Waals surface area (Å²) in [6.45, 7) is 2.09. The zero-order chi connectivity index (χ0) is 15.7. The molecule has 0 radical (unpaired) electrons. The number of pyridine rings is 1. The van der Waals surface area contributed by atoms with Crippen LogP contribution in [0.4, 0.5) is 11.6 Å². The first kappa shape index (κ1) is 14.5. The van der Waals surface area contributed by atoms with Crippen LogP contribution < -0.4 is 11.5 Å². The molecule has 0 fully saturated rings. The van der Waals surface area contributed by atoms with Crippen LogP contribution in [0.1, 0.15) is 19.0 Å². The molecule has 0 aliphatic rings. The van der Waals surface area contributed by atoms with Crippen LogP contribution in [0.5, 0.6) is 0 Å². The maximum atomic E-state index is 6.06. The Hall–Kier alpha value is -2.40. The third-order valence-corrected chi connectivity index (χ3v) is 3.64. The lowest BCUT2D eigenvalue weighted by atomic mass is 10.1. The minimum absolute atomic E-state index is 0.271. The molecular formula is C16H16ClN5. The number of rotatable bonds is 3. The molecule has 0 bridgehead atoms. The third-order valence-electron chi connectivity index (χ3n) is 3.41. The quantitative estimate of drug-likeness (QED) is 0.722. The Morgan fingerprint density at radius 1 is 1.05 bits per heavy atom. The molecule has 2 aromatic heterocycles. The lowest BCUT2D eigenvalue weighted by molar-refractivity contribution is 0.885. The van der Waals surface area contributed by atoms with Crippen molar-refractivity contribution in [3.8, 4) is 11.3 Å². The molecule has 0 aliphatic carbocycles. The van der Waals surface area contributed by atoms with Crippen molar-refractivity contribution in [1.29, 1.82) is 0 Å². The van der Waals surface area contributed by atoms with Crippen LogP contribution in [0.15, 0.2) is 30.3 Å². The number of halogens is 1. The van der Waals surface area contributed by atoms with E-state index in [1.54, 1.807) is 12.1 Å². The molecule has 4 N–H and O–H groups in total. The summed E-state index contributed by atoms with van der Waals surface area (Å²) in [5.74, 6) is 0.271. The van der Waals surface area contributed by atoms with E-state index >= 15 is 0 Å². The summed E-state index contributed by atoms with van der Waals surface area (Å²) in [5.41, 5.74) is 16.3. The molecule has 0 atom stereocenters. The van der Waals surface area contributed by atoms with Crippen LogP contribution >= 0.6 is 11.6 Å². The van der Waals surface area contributed by atoms with Gasteiger partial charge >= 0.3 is 0 Å². The van der Waals surface area contributed by atoms with Gasteiger partial charge in [-0.05, 0) is 36.8 Å². The highest BCUT2D eigenvalue weighted by Gasteiger charge is 2.11. The van der Waals surface area contributed by atoms with Crippen LogP contribution in [0.2, 0.25) is 5.02 Å². The highest BCUT2D eigenvalue weighted by Crippen LogP contribution is 2.29. The smallest absolute Gasteiger partial charge is 0.220 e. The fourth-order valence-corrected chi connectivity index (χ4v) is 2.58. The largest absolute Gasteiger partial charge is 0.398 e. The van der Waals surface area contributed by atoms with Gasteiger partial charge < -0.3 is 11.5 Å². The zero-order valence-electron chi connectivity index (χ0n) is 12.2.